The zero-order valence-electron chi connectivity index (χ0n) is 18.2. The van der Waals surface area contributed by atoms with Gasteiger partial charge in [0.1, 0.15) is 5.75 Å². The Balaban J connectivity index is 0.00000420. The molecule has 0 bridgehead atoms. The number of benzene rings is 1. The highest BCUT2D eigenvalue weighted by atomic mass is 127. The Bertz CT molecular complexity index is 729. The lowest BCUT2D eigenvalue weighted by Crippen LogP contribution is -2.42. The van der Waals surface area contributed by atoms with Gasteiger partial charge in [0.2, 0.25) is 0 Å². The Hall–Kier alpha value is -1.81. The first-order valence-electron chi connectivity index (χ1n) is 9.76. The molecule has 1 heterocycles. The molecule has 0 amide bonds. The van der Waals surface area contributed by atoms with Crippen LogP contribution in [0.4, 0.5) is 0 Å². The maximum absolute atomic E-state index is 5.20. The number of methoxy groups -OCH3 is 1. The molecule has 1 aromatic heterocycles. The summed E-state index contributed by atoms with van der Waals surface area (Å²) in [5, 5.41) is 11.1. The molecular formula is C21H35IN6O. The molecule has 7 nitrogen and oxygen atoms in total. The number of aryl methyl sites for hydroxylation is 2. The van der Waals surface area contributed by atoms with Gasteiger partial charge in [0, 0.05) is 38.9 Å². The monoisotopic (exact) mass is 514 g/mol. The maximum Gasteiger partial charge on any atom is 0.191 e. The van der Waals surface area contributed by atoms with Crippen LogP contribution in [-0.2, 0) is 13.5 Å². The Morgan fingerprint density at radius 2 is 1.93 bits per heavy atom. The molecule has 1 atom stereocenters. The van der Waals surface area contributed by atoms with Crippen molar-refractivity contribution in [1.29, 1.82) is 0 Å². The molecule has 0 fully saturated rings. The van der Waals surface area contributed by atoms with Crippen molar-refractivity contribution in [3.05, 3.63) is 47.8 Å². The molecule has 2 N–H and O–H groups in total. The molecule has 0 aliphatic carbocycles. The summed E-state index contributed by atoms with van der Waals surface area (Å²) in [5.41, 5.74) is 2.53. The van der Waals surface area contributed by atoms with E-state index < -0.39 is 0 Å². The second kappa shape index (κ2) is 13.4. The van der Waals surface area contributed by atoms with Crippen molar-refractivity contribution in [1.82, 2.24) is 25.3 Å². The molecule has 0 saturated heterocycles. The van der Waals surface area contributed by atoms with Crippen molar-refractivity contribution >= 4 is 29.9 Å². The molecule has 2 aromatic rings. The normalized spacial score (nSPS) is 12.4. The first-order valence-corrected chi connectivity index (χ1v) is 9.76. The van der Waals surface area contributed by atoms with E-state index in [9.17, 15) is 0 Å². The van der Waals surface area contributed by atoms with E-state index in [-0.39, 0.29) is 30.0 Å². The summed E-state index contributed by atoms with van der Waals surface area (Å²) in [6.45, 7) is 1.67. The average molecular weight is 514 g/mol. The van der Waals surface area contributed by atoms with Gasteiger partial charge in [-0.05, 0) is 51.1 Å². The van der Waals surface area contributed by atoms with Crippen molar-refractivity contribution in [2.75, 3.05) is 41.3 Å². The van der Waals surface area contributed by atoms with Gasteiger partial charge in [0.25, 0.3) is 0 Å². The van der Waals surface area contributed by atoms with Crippen LogP contribution in [0.1, 0.15) is 30.0 Å². The maximum atomic E-state index is 5.20. The minimum Gasteiger partial charge on any atom is -0.497 e. The van der Waals surface area contributed by atoms with Gasteiger partial charge in [-0.3, -0.25) is 9.67 Å². The number of nitrogens with one attached hydrogen (secondary N) is 2. The number of aromatic nitrogens is 2. The number of guanidine groups is 1. The second-order valence-electron chi connectivity index (χ2n) is 7.11. The molecular weight excluding hydrogens is 479 g/mol. The molecule has 2 rings (SSSR count). The van der Waals surface area contributed by atoms with Gasteiger partial charge in [0.15, 0.2) is 5.96 Å². The van der Waals surface area contributed by atoms with E-state index in [1.165, 1.54) is 11.1 Å². The van der Waals surface area contributed by atoms with Crippen LogP contribution >= 0.6 is 24.0 Å². The van der Waals surface area contributed by atoms with Crippen LogP contribution in [-0.4, -0.2) is 62.0 Å². The minimum absolute atomic E-state index is 0. The number of unbranched alkanes of at least 4 members (excludes halogenated alkanes) is 1. The topological polar surface area (TPSA) is 66.7 Å². The van der Waals surface area contributed by atoms with Crippen molar-refractivity contribution in [2.24, 2.45) is 12.0 Å². The fraction of sp³-hybridized carbons (Fsp3) is 0.524. The van der Waals surface area contributed by atoms with Gasteiger partial charge in [-0.1, -0.05) is 12.1 Å². The summed E-state index contributed by atoms with van der Waals surface area (Å²) in [5.74, 6) is 1.74. The number of likely N-dealkylation sites (N-methyl/N-ethyl adjacent to an activating group) is 1. The number of aliphatic imine (C=N–C) groups is 1. The summed E-state index contributed by atoms with van der Waals surface area (Å²) in [6, 6.07) is 8.53. The molecule has 0 saturated carbocycles. The van der Waals surface area contributed by atoms with Crippen LogP contribution < -0.4 is 15.4 Å². The zero-order chi connectivity index (χ0) is 20.4. The molecule has 1 unspecified atom stereocenters. The third kappa shape index (κ3) is 8.61. The predicted molar refractivity (Wildman–Crippen MR) is 130 cm³/mol. The Morgan fingerprint density at radius 1 is 1.21 bits per heavy atom. The number of hydrogen-bond acceptors (Lipinski definition) is 4. The van der Waals surface area contributed by atoms with Crippen LogP contribution in [0.15, 0.2) is 41.7 Å². The average Bonchev–Trinajstić information content (AvgIpc) is 3.12. The molecule has 162 valence electrons. The van der Waals surface area contributed by atoms with Gasteiger partial charge < -0.3 is 20.3 Å². The van der Waals surface area contributed by atoms with E-state index in [0.717, 1.165) is 44.1 Å². The summed E-state index contributed by atoms with van der Waals surface area (Å²) in [4.78, 5) is 6.52. The first kappa shape index (κ1) is 25.2. The number of ether oxygens (including phenoxy) is 1. The van der Waals surface area contributed by atoms with Crippen LogP contribution in [0.5, 0.6) is 5.75 Å². The summed E-state index contributed by atoms with van der Waals surface area (Å²) in [7, 11) is 9.60. The summed E-state index contributed by atoms with van der Waals surface area (Å²) < 4.78 is 7.03. The van der Waals surface area contributed by atoms with Crippen LogP contribution in [0.2, 0.25) is 0 Å². The number of rotatable bonds is 10. The van der Waals surface area contributed by atoms with Crippen molar-refractivity contribution in [3.63, 3.8) is 0 Å². The van der Waals surface area contributed by atoms with Gasteiger partial charge in [-0.25, -0.2) is 0 Å². The van der Waals surface area contributed by atoms with Crippen LogP contribution in [0, 0.1) is 0 Å². The quantitative estimate of drug-likeness (QED) is 0.221. The SMILES string of the molecule is CN=C(NCCCCc1ccc(OC)cc1)NCC(c1cnn(C)c1)N(C)C.I. The molecule has 0 aliphatic rings. The summed E-state index contributed by atoms with van der Waals surface area (Å²) >= 11 is 0. The highest BCUT2D eigenvalue weighted by molar-refractivity contribution is 14.0. The Morgan fingerprint density at radius 3 is 2.48 bits per heavy atom. The van der Waals surface area contributed by atoms with Crippen molar-refractivity contribution < 1.29 is 4.74 Å². The number of nitrogens with zero attached hydrogens (tertiary/aromatic N) is 4. The predicted octanol–water partition coefficient (Wildman–Crippen LogP) is 2.84. The highest BCUT2D eigenvalue weighted by Crippen LogP contribution is 2.16. The molecule has 1 aromatic carbocycles. The van der Waals surface area contributed by atoms with Crippen LogP contribution in [0.25, 0.3) is 0 Å². The Kier molecular flexibility index (Phi) is 11.7. The summed E-state index contributed by atoms with van der Waals surface area (Å²) in [6.07, 6.45) is 7.27. The van der Waals surface area contributed by atoms with Crippen LogP contribution in [0.3, 0.4) is 0 Å². The lowest BCUT2D eigenvalue weighted by atomic mass is 10.1. The smallest absolute Gasteiger partial charge is 0.191 e. The lowest BCUT2D eigenvalue weighted by Gasteiger charge is -2.24. The number of hydrogen-bond donors (Lipinski definition) is 2. The van der Waals surface area contributed by atoms with Gasteiger partial charge in [-0.2, -0.15) is 5.10 Å². The molecule has 0 spiro atoms. The van der Waals surface area contributed by atoms with E-state index in [0.29, 0.717) is 0 Å². The Labute approximate surface area is 191 Å². The van der Waals surface area contributed by atoms with E-state index >= 15 is 0 Å². The molecule has 29 heavy (non-hydrogen) atoms. The van der Waals surface area contributed by atoms with E-state index in [4.69, 9.17) is 4.74 Å². The van der Waals surface area contributed by atoms with Gasteiger partial charge in [0.05, 0.1) is 19.3 Å². The molecule has 8 heteroatoms. The minimum atomic E-state index is 0. The van der Waals surface area contributed by atoms with Gasteiger partial charge >= 0.3 is 0 Å². The van der Waals surface area contributed by atoms with E-state index in [2.05, 4.69) is 58.0 Å². The van der Waals surface area contributed by atoms with E-state index in [1.807, 2.05) is 30.1 Å². The van der Waals surface area contributed by atoms with Crippen molar-refractivity contribution in [2.45, 2.75) is 25.3 Å². The second-order valence-corrected chi connectivity index (χ2v) is 7.11. The third-order valence-electron chi connectivity index (χ3n) is 4.76. The van der Waals surface area contributed by atoms with Crippen molar-refractivity contribution in [3.8, 4) is 5.75 Å². The molecule has 0 radical (unpaired) electrons. The fourth-order valence-corrected chi connectivity index (χ4v) is 3.08. The fourth-order valence-electron chi connectivity index (χ4n) is 3.08. The highest BCUT2D eigenvalue weighted by Gasteiger charge is 2.16. The van der Waals surface area contributed by atoms with Gasteiger partial charge in [-0.15, -0.1) is 24.0 Å². The molecule has 0 aliphatic heterocycles. The third-order valence-corrected chi connectivity index (χ3v) is 4.76. The standard InChI is InChI=1S/C21H34N6O.HI/c1-22-21(24-15-20(26(2)3)18-14-25-27(4)16-18)23-13-7-6-8-17-9-11-19(28-5)12-10-17;/h9-12,14,16,20H,6-8,13,15H2,1-5H3,(H2,22,23,24);1H. The van der Waals surface area contributed by atoms with E-state index in [1.54, 1.807) is 14.2 Å². The first-order chi connectivity index (χ1) is 13.5. The zero-order valence-corrected chi connectivity index (χ0v) is 20.5. The lowest BCUT2D eigenvalue weighted by molar-refractivity contribution is 0.298. The largest absolute Gasteiger partial charge is 0.497 e. The number of halogens is 1.